The van der Waals surface area contributed by atoms with Gasteiger partial charge in [0.1, 0.15) is 0 Å². The molecule has 1 aliphatic rings. The molecule has 1 heterocycles. The molecule has 1 aromatic heterocycles. The van der Waals surface area contributed by atoms with E-state index in [1.165, 1.54) is 25.3 Å². The Balaban J connectivity index is 1.57. The van der Waals surface area contributed by atoms with Crippen molar-refractivity contribution in [1.82, 2.24) is 10.3 Å². The van der Waals surface area contributed by atoms with Crippen molar-refractivity contribution in [2.45, 2.75) is 45.4 Å². The highest BCUT2D eigenvalue weighted by molar-refractivity contribution is 6.01. The molecule has 0 unspecified atom stereocenters. The minimum Gasteiger partial charge on any atom is -0.356 e. The molecule has 5 heteroatoms. The lowest BCUT2D eigenvalue weighted by molar-refractivity contribution is -0.121. The number of carbonyl (C=O) groups is 2. The Morgan fingerprint density at radius 3 is 2.81 bits per heavy atom. The van der Waals surface area contributed by atoms with Gasteiger partial charge in [0.2, 0.25) is 11.8 Å². The Morgan fingerprint density at radius 1 is 1.19 bits per heavy atom. The highest BCUT2D eigenvalue weighted by Gasteiger charge is 2.16. The fourth-order valence-corrected chi connectivity index (χ4v) is 3.55. The van der Waals surface area contributed by atoms with Crippen LogP contribution in [0.25, 0.3) is 10.9 Å². The van der Waals surface area contributed by atoms with E-state index in [0.29, 0.717) is 13.1 Å². The second-order valence-corrected chi connectivity index (χ2v) is 6.98. The van der Waals surface area contributed by atoms with Crippen molar-refractivity contribution in [3.8, 4) is 0 Å². The predicted molar refractivity (Wildman–Crippen MR) is 109 cm³/mol. The van der Waals surface area contributed by atoms with E-state index in [4.69, 9.17) is 0 Å². The Morgan fingerprint density at radius 2 is 2.04 bits per heavy atom. The summed E-state index contributed by atoms with van der Waals surface area (Å²) < 4.78 is 0. The van der Waals surface area contributed by atoms with Crippen molar-refractivity contribution < 1.29 is 9.59 Å². The molecule has 1 N–H and O–H groups in total. The second kappa shape index (κ2) is 9.31. The fraction of sp³-hybridized carbons (Fsp3) is 0.409. The molecular formula is C22H27N3O2. The van der Waals surface area contributed by atoms with E-state index in [0.717, 1.165) is 35.9 Å². The van der Waals surface area contributed by atoms with Gasteiger partial charge in [0, 0.05) is 38.0 Å². The molecule has 1 aromatic carbocycles. The SMILES string of the molecule is CC(=O)N(CCC(=O)NCCC1=CCCCC1)c1cccc2cccnc12. The van der Waals surface area contributed by atoms with Crippen LogP contribution in [0.1, 0.15) is 45.4 Å². The van der Waals surface area contributed by atoms with Crippen molar-refractivity contribution in [2.24, 2.45) is 0 Å². The summed E-state index contributed by atoms with van der Waals surface area (Å²) in [5.74, 6) is -0.112. The molecule has 0 fully saturated rings. The summed E-state index contributed by atoms with van der Waals surface area (Å²) in [7, 11) is 0. The summed E-state index contributed by atoms with van der Waals surface area (Å²) in [6.07, 6.45) is 10.1. The van der Waals surface area contributed by atoms with E-state index in [9.17, 15) is 9.59 Å². The molecule has 0 saturated heterocycles. The highest BCUT2D eigenvalue weighted by atomic mass is 16.2. The van der Waals surface area contributed by atoms with Crippen LogP contribution in [0.2, 0.25) is 0 Å². The van der Waals surface area contributed by atoms with Gasteiger partial charge in [0.05, 0.1) is 11.2 Å². The molecule has 5 nitrogen and oxygen atoms in total. The molecule has 142 valence electrons. The largest absolute Gasteiger partial charge is 0.356 e. The van der Waals surface area contributed by atoms with Crippen LogP contribution in [-0.2, 0) is 9.59 Å². The zero-order chi connectivity index (χ0) is 19.1. The van der Waals surface area contributed by atoms with Crippen molar-refractivity contribution in [3.63, 3.8) is 0 Å². The molecule has 2 aromatic rings. The van der Waals surface area contributed by atoms with E-state index >= 15 is 0 Å². The molecule has 0 aliphatic heterocycles. The van der Waals surface area contributed by atoms with Gasteiger partial charge in [-0.2, -0.15) is 0 Å². The minimum absolute atomic E-state index is 0.0224. The number of rotatable bonds is 7. The van der Waals surface area contributed by atoms with Crippen LogP contribution in [0.15, 0.2) is 48.2 Å². The smallest absolute Gasteiger partial charge is 0.223 e. The second-order valence-electron chi connectivity index (χ2n) is 6.98. The maximum atomic E-state index is 12.2. The third-order valence-corrected chi connectivity index (χ3v) is 5.00. The Bertz CT molecular complexity index is 839. The first-order chi connectivity index (χ1) is 13.1. The molecule has 0 spiro atoms. The van der Waals surface area contributed by atoms with Crippen LogP contribution in [0, 0.1) is 0 Å². The normalized spacial score (nSPS) is 13.9. The number of nitrogens with one attached hydrogen (secondary N) is 1. The number of amides is 2. The maximum Gasteiger partial charge on any atom is 0.223 e. The lowest BCUT2D eigenvalue weighted by Gasteiger charge is -2.22. The number of nitrogens with zero attached hydrogens (tertiary/aromatic N) is 2. The van der Waals surface area contributed by atoms with Crippen LogP contribution in [0.3, 0.4) is 0 Å². The third-order valence-electron chi connectivity index (χ3n) is 5.00. The third kappa shape index (κ3) is 5.16. The molecule has 0 bridgehead atoms. The summed E-state index contributed by atoms with van der Waals surface area (Å²) in [6.45, 7) is 2.54. The molecular weight excluding hydrogens is 338 g/mol. The van der Waals surface area contributed by atoms with Crippen molar-refractivity contribution >= 4 is 28.4 Å². The highest BCUT2D eigenvalue weighted by Crippen LogP contribution is 2.25. The fourth-order valence-electron chi connectivity index (χ4n) is 3.55. The zero-order valence-electron chi connectivity index (χ0n) is 15.9. The van der Waals surface area contributed by atoms with E-state index in [1.54, 1.807) is 11.1 Å². The molecule has 0 atom stereocenters. The number of hydrogen-bond acceptors (Lipinski definition) is 3. The summed E-state index contributed by atoms with van der Waals surface area (Å²) in [6, 6.07) is 9.60. The van der Waals surface area contributed by atoms with Gasteiger partial charge in [-0.25, -0.2) is 0 Å². The number of aromatic nitrogens is 1. The van der Waals surface area contributed by atoms with Crippen LogP contribution < -0.4 is 10.2 Å². The molecule has 3 rings (SSSR count). The number of pyridine rings is 1. The van der Waals surface area contributed by atoms with Gasteiger partial charge < -0.3 is 10.2 Å². The van der Waals surface area contributed by atoms with Crippen molar-refractivity contribution in [1.29, 1.82) is 0 Å². The number of para-hydroxylation sites is 1. The van der Waals surface area contributed by atoms with Gasteiger partial charge in [-0.05, 0) is 44.2 Å². The van der Waals surface area contributed by atoms with Gasteiger partial charge in [-0.3, -0.25) is 14.6 Å². The standard InChI is InChI=1S/C22H27N3O2/c1-17(26)25(20-11-5-9-19-10-6-14-24-22(19)20)16-13-21(27)23-15-12-18-7-3-2-4-8-18/h5-7,9-11,14H,2-4,8,12-13,15-16H2,1H3,(H,23,27). The molecule has 2 amide bonds. The number of allylic oxidation sites excluding steroid dienone is 1. The Hall–Kier alpha value is -2.69. The van der Waals surface area contributed by atoms with Gasteiger partial charge in [0.15, 0.2) is 0 Å². The van der Waals surface area contributed by atoms with Crippen LogP contribution in [0.5, 0.6) is 0 Å². The molecule has 0 radical (unpaired) electrons. The average Bonchev–Trinajstić information content (AvgIpc) is 2.69. The number of carbonyl (C=O) groups excluding carboxylic acids is 2. The van der Waals surface area contributed by atoms with Gasteiger partial charge in [-0.15, -0.1) is 0 Å². The Labute approximate surface area is 160 Å². The number of benzene rings is 1. The summed E-state index contributed by atoms with van der Waals surface area (Å²) in [4.78, 5) is 30.5. The summed E-state index contributed by atoms with van der Waals surface area (Å²) in [5, 5.41) is 3.96. The lowest BCUT2D eigenvalue weighted by Crippen LogP contribution is -2.34. The van der Waals surface area contributed by atoms with Gasteiger partial charge >= 0.3 is 0 Å². The van der Waals surface area contributed by atoms with E-state index in [2.05, 4.69) is 16.4 Å². The lowest BCUT2D eigenvalue weighted by atomic mass is 9.97. The van der Waals surface area contributed by atoms with Crippen LogP contribution in [-0.4, -0.2) is 29.9 Å². The first kappa shape index (κ1) is 19.1. The van der Waals surface area contributed by atoms with Crippen molar-refractivity contribution in [2.75, 3.05) is 18.0 Å². The van der Waals surface area contributed by atoms with E-state index in [1.807, 2.05) is 30.3 Å². The molecule has 1 aliphatic carbocycles. The number of hydrogen-bond donors (Lipinski definition) is 1. The first-order valence-corrected chi connectivity index (χ1v) is 9.71. The number of anilines is 1. The van der Waals surface area contributed by atoms with Crippen LogP contribution >= 0.6 is 0 Å². The monoisotopic (exact) mass is 365 g/mol. The van der Waals surface area contributed by atoms with Crippen LogP contribution in [0.4, 0.5) is 5.69 Å². The zero-order valence-corrected chi connectivity index (χ0v) is 15.9. The average molecular weight is 365 g/mol. The van der Waals surface area contributed by atoms with Crippen molar-refractivity contribution in [3.05, 3.63) is 48.2 Å². The first-order valence-electron chi connectivity index (χ1n) is 9.71. The minimum atomic E-state index is -0.0895. The maximum absolute atomic E-state index is 12.2. The van der Waals surface area contributed by atoms with E-state index in [-0.39, 0.29) is 18.2 Å². The topological polar surface area (TPSA) is 62.3 Å². The summed E-state index contributed by atoms with van der Waals surface area (Å²) >= 11 is 0. The quantitative estimate of drug-likeness (QED) is 0.755. The molecule has 27 heavy (non-hydrogen) atoms. The van der Waals surface area contributed by atoms with Gasteiger partial charge in [-0.1, -0.05) is 29.8 Å². The number of fused-ring (bicyclic) bond motifs is 1. The van der Waals surface area contributed by atoms with E-state index < -0.39 is 0 Å². The molecule has 0 saturated carbocycles. The summed E-state index contributed by atoms with van der Waals surface area (Å²) in [5.41, 5.74) is 2.98. The predicted octanol–water partition coefficient (Wildman–Crippen LogP) is 3.98. The Kier molecular flexibility index (Phi) is 6.58. The van der Waals surface area contributed by atoms with Gasteiger partial charge in [0.25, 0.3) is 0 Å².